The number of fused-ring (bicyclic) bond motifs is 1. The molecule has 156 valence electrons. The van der Waals surface area contributed by atoms with Crippen molar-refractivity contribution in [2.45, 2.75) is 51.5 Å². The van der Waals surface area contributed by atoms with E-state index in [0.717, 1.165) is 25.7 Å². The third-order valence-electron chi connectivity index (χ3n) is 5.11. The molecule has 1 aliphatic carbocycles. The van der Waals surface area contributed by atoms with Crippen molar-refractivity contribution in [3.63, 3.8) is 0 Å². The molecule has 1 aliphatic heterocycles. The van der Waals surface area contributed by atoms with Crippen LogP contribution in [0.2, 0.25) is 0 Å². The lowest BCUT2D eigenvalue weighted by Gasteiger charge is -2.29. The van der Waals surface area contributed by atoms with Crippen molar-refractivity contribution in [3.05, 3.63) is 23.8 Å². The first-order chi connectivity index (χ1) is 14.0. The van der Waals surface area contributed by atoms with Gasteiger partial charge in [0, 0.05) is 18.0 Å². The molecule has 8 heteroatoms. The molecule has 1 aromatic rings. The molecule has 0 atom stereocenters. The predicted molar refractivity (Wildman–Crippen MR) is 105 cm³/mol. The van der Waals surface area contributed by atoms with Gasteiger partial charge in [-0.15, -0.1) is 0 Å². The van der Waals surface area contributed by atoms with E-state index in [1.807, 2.05) is 0 Å². The summed E-state index contributed by atoms with van der Waals surface area (Å²) in [5, 5.41) is 2.97. The van der Waals surface area contributed by atoms with Crippen LogP contribution in [-0.4, -0.2) is 49.4 Å². The minimum Gasteiger partial charge on any atom is -0.482 e. The number of ether oxygens (including phenoxy) is 2. The maximum atomic E-state index is 12.4. The number of carbonyl (C=O) groups excluding carboxylic acids is 4. The lowest BCUT2D eigenvalue weighted by Crippen LogP contribution is -2.47. The summed E-state index contributed by atoms with van der Waals surface area (Å²) in [6, 6.07) is 4.91. The van der Waals surface area contributed by atoms with Gasteiger partial charge in [-0.05, 0) is 38.0 Å². The first kappa shape index (κ1) is 20.8. The topological polar surface area (TPSA) is 102 Å². The zero-order valence-electron chi connectivity index (χ0n) is 16.6. The summed E-state index contributed by atoms with van der Waals surface area (Å²) >= 11 is 0. The van der Waals surface area contributed by atoms with Crippen LogP contribution in [0.5, 0.6) is 5.75 Å². The van der Waals surface area contributed by atoms with E-state index in [1.54, 1.807) is 25.1 Å². The van der Waals surface area contributed by atoms with Crippen LogP contribution in [0, 0.1) is 0 Å². The van der Waals surface area contributed by atoms with E-state index >= 15 is 0 Å². The fourth-order valence-electron chi connectivity index (χ4n) is 3.63. The Morgan fingerprint density at radius 1 is 1.21 bits per heavy atom. The van der Waals surface area contributed by atoms with E-state index in [1.165, 1.54) is 4.90 Å². The van der Waals surface area contributed by atoms with Crippen molar-refractivity contribution >= 4 is 29.3 Å². The van der Waals surface area contributed by atoms with Gasteiger partial charge in [0.1, 0.15) is 12.3 Å². The van der Waals surface area contributed by atoms with E-state index in [0.29, 0.717) is 17.0 Å². The number of Topliss-reactive ketones (excluding diaryl/α,β-unsaturated/α-hetero) is 1. The largest absolute Gasteiger partial charge is 0.482 e. The summed E-state index contributed by atoms with van der Waals surface area (Å²) in [6.45, 7) is 1.70. The molecule has 0 radical (unpaired) electrons. The summed E-state index contributed by atoms with van der Waals surface area (Å²) in [5.41, 5.74) is 0.748. The van der Waals surface area contributed by atoms with Crippen LogP contribution in [-0.2, 0) is 19.1 Å². The number of esters is 1. The highest BCUT2D eigenvalue weighted by atomic mass is 16.5. The highest BCUT2D eigenvalue weighted by molar-refractivity contribution is 6.04. The minimum absolute atomic E-state index is 0.00724. The van der Waals surface area contributed by atoms with E-state index in [9.17, 15) is 19.2 Å². The molecule has 8 nitrogen and oxygen atoms in total. The monoisotopic (exact) mass is 402 g/mol. The fraction of sp³-hybridized carbons (Fsp3) is 0.524. The summed E-state index contributed by atoms with van der Waals surface area (Å²) in [6.07, 6.45) is 4.11. The van der Waals surface area contributed by atoms with Gasteiger partial charge in [-0.2, -0.15) is 0 Å². The molecular formula is C21H26N2O6. The average Bonchev–Trinajstić information content (AvgIpc) is 3.21. The molecule has 0 aromatic heterocycles. The molecule has 3 rings (SSSR count). The minimum atomic E-state index is -0.428. The summed E-state index contributed by atoms with van der Waals surface area (Å²) in [7, 11) is 0. The number of hydrogen-bond acceptors (Lipinski definition) is 6. The zero-order chi connectivity index (χ0) is 20.8. The van der Waals surface area contributed by atoms with Crippen molar-refractivity contribution in [1.29, 1.82) is 0 Å². The number of amides is 2. The summed E-state index contributed by atoms with van der Waals surface area (Å²) in [4.78, 5) is 50.1. The quantitative estimate of drug-likeness (QED) is 0.527. The Balaban J connectivity index is 1.70. The maximum absolute atomic E-state index is 12.4. The Labute approximate surface area is 169 Å². The zero-order valence-corrected chi connectivity index (χ0v) is 16.6. The van der Waals surface area contributed by atoms with Crippen LogP contribution in [0.1, 0.15) is 55.8 Å². The second kappa shape index (κ2) is 9.54. The van der Waals surface area contributed by atoms with Crippen molar-refractivity contribution < 1.29 is 28.7 Å². The third-order valence-corrected chi connectivity index (χ3v) is 5.11. The lowest BCUT2D eigenvalue weighted by atomic mass is 10.0. The molecule has 0 bridgehead atoms. The molecule has 1 saturated carbocycles. The molecular weight excluding hydrogens is 376 g/mol. The van der Waals surface area contributed by atoms with Crippen molar-refractivity contribution in [3.8, 4) is 5.75 Å². The van der Waals surface area contributed by atoms with Crippen molar-refractivity contribution in [2.24, 2.45) is 0 Å². The molecule has 2 aliphatic rings. The standard InChI is InChI=1S/C21H26N2O6/c1-2-28-21(27)10-8-17(24)14-7-9-18-16(11-14)23(20(26)13-29-18)12-19(25)22-15-5-3-4-6-15/h7,9,11,15H,2-6,8,10,12-13H2,1H3,(H,22,25). The molecule has 2 amide bonds. The molecule has 0 saturated heterocycles. The lowest BCUT2D eigenvalue weighted by molar-refractivity contribution is -0.143. The number of carbonyl (C=O) groups is 4. The van der Waals surface area contributed by atoms with Gasteiger partial charge >= 0.3 is 5.97 Å². The van der Waals surface area contributed by atoms with E-state index in [4.69, 9.17) is 9.47 Å². The van der Waals surface area contributed by atoms with Gasteiger partial charge in [0.2, 0.25) is 5.91 Å². The number of rotatable bonds is 8. The van der Waals surface area contributed by atoms with Gasteiger partial charge < -0.3 is 14.8 Å². The molecule has 1 aromatic carbocycles. The first-order valence-corrected chi connectivity index (χ1v) is 10.0. The predicted octanol–water partition coefficient (Wildman–Crippen LogP) is 2.00. The summed E-state index contributed by atoms with van der Waals surface area (Å²) in [5.74, 6) is -0.788. The van der Waals surface area contributed by atoms with Crippen LogP contribution in [0.25, 0.3) is 0 Å². The average molecular weight is 402 g/mol. The second-order valence-electron chi connectivity index (χ2n) is 7.23. The van der Waals surface area contributed by atoms with E-state index in [2.05, 4.69) is 5.32 Å². The van der Waals surface area contributed by atoms with Crippen molar-refractivity contribution in [2.75, 3.05) is 24.7 Å². The van der Waals surface area contributed by atoms with Crippen molar-refractivity contribution in [1.82, 2.24) is 5.32 Å². The van der Waals surface area contributed by atoms with Gasteiger partial charge in [0.05, 0.1) is 18.7 Å². The van der Waals surface area contributed by atoms with E-state index < -0.39 is 5.97 Å². The van der Waals surface area contributed by atoms with Crippen LogP contribution < -0.4 is 15.0 Å². The van der Waals surface area contributed by atoms with Crippen LogP contribution in [0.15, 0.2) is 18.2 Å². The number of ketones is 1. The number of nitrogens with one attached hydrogen (secondary N) is 1. The third kappa shape index (κ3) is 5.34. The van der Waals surface area contributed by atoms with Gasteiger partial charge in [-0.25, -0.2) is 0 Å². The smallest absolute Gasteiger partial charge is 0.306 e. The Hall–Kier alpha value is -2.90. The molecule has 29 heavy (non-hydrogen) atoms. The van der Waals surface area contributed by atoms with Gasteiger partial charge in [0.15, 0.2) is 12.4 Å². The highest BCUT2D eigenvalue weighted by Crippen LogP contribution is 2.33. The molecule has 1 heterocycles. The van der Waals surface area contributed by atoms with Gasteiger partial charge in [-0.3, -0.25) is 24.1 Å². The Morgan fingerprint density at radius 2 is 1.97 bits per heavy atom. The number of anilines is 1. The second-order valence-corrected chi connectivity index (χ2v) is 7.23. The van der Waals surface area contributed by atoms with Gasteiger partial charge in [-0.1, -0.05) is 12.8 Å². The normalized spacial score (nSPS) is 16.2. The first-order valence-electron chi connectivity index (χ1n) is 10.0. The molecule has 1 fully saturated rings. The number of nitrogens with zero attached hydrogens (tertiary/aromatic N) is 1. The molecule has 0 spiro atoms. The molecule has 0 unspecified atom stereocenters. The van der Waals surface area contributed by atoms with Crippen LogP contribution in [0.4, 0.5) is 5.69 Å². The van der Waals surface area contributed by atoms with Crippen LogP contribution in [0.3, 0.4) is 0 Å². The highest BCUT2D eigenvalue weighted by Gasteiger charge is 2.29. The molecule has 1 N–H and O–H groups in total. The Morgan fingerprint density at radius 3 is 2.69 bits per heavy atom. The fourth-order valence-corrected chi connectivity index (χ4v) is 3.63. The number of hydrogen-bond donors (Lipinski definition) is 1. The summed E-state index contributed by atoms with van der Waals surface area (Å²) < 4.78 is 10.3. The SMILES string of the molecule is CCOC(=O)CCC(=O)c1ccc2c(c1)N(CC(=O)NC1CCCC1)C(=O)CO2. The Bertz CT molecular complexity index is 800. The maximum Gasteiger partial charge on any atom is 0.306 e. The van der Waals surface area contributed by atoms with Crippen LogP contribution >= 0.6 is 0 Å². The Kier molecular flexibility index (Phi) is 6.85. The van der Waals surface area contributed by atoms with E-state index in [-0.39, 0.29) is 56.2 Å². The van der Waals surface area contributed by atoms with Gasteiger partial charge in [0.25, 0.3) is 5.91 Å². The number of benzene rings is 1.